The zero-order valence-corrected chi connectivity index (χ0v) is 5.50. The van der Waals surface area contributed by atoms with Gasteiger partial charge in [-0.15, -0.1) is 0 Å². The number of allylic oxidation sites excluding steroid dienone is 1. The highest BCUT2D eigenvalue weighted by Crippen LogP contribution is 1.95. The van der Waals surface area contributed by atoms with E-state index in [9.17, 15) is 4.79 Å². The van der Waals surface area contributed by atoms with Crippen LogP contribution in [0.15, 0.2) is 11.8 Å². The van der Waals surface area contributed by atoms with Crippen LogP contribution in [0.4, 0.5) is 0 Å². The molecule has 0 aliphatic heterocycles. The lowest BCUT2D eigenvalue weighted by atomic mass is 10.4. The number of nitriles is 1. The Bertz CT molecular complexity index is 190. The van der Waals surface area contributed by atoms with Gasteiger partial charge >= 0.3 is 5.97 Å². The first-order valence-corrected chi connectivity index (χ1v) is 2.68. The molecule has 0 radical (unpaired) electrons. The van der Waals surface area contributed by atoms with E-state index in [1.54, 1.807) is 13.0 Å². The quantitative estimate of drug-likeness (QED) is 0.353. The number of hydrogen-bond acceptors (Lipinski definition) is 3. The van der Waals surface area contributed by atoms with Crippen LogP contribution >= 0.6 is 0 Å². The highest BCUT2D eigenvalue weighted by Gasteiger charge is 2.05. The molecule has 0 amide bonds. The third-order valence-corrected chi connectivity index (χ3v) is 0.706. The van der Waals surface area contributed by atoms with E-state index in [-0.39, 0.29) is 12.4 Å². The lowest BCUT2D eigenvalue weighted by Crippen LogP contribution is -2.04. The number of rotatable bonds is 3. The maximum Gasteiger partial charge on any atom is 0.371 e. The molecule has 0 aliphatic rings. The summed E-state index contributed by atoms with van der Waals surface area (Å²) in [6.07, 6.45) is 0.853. The molecule has 0 aliphatic carbocycles. The summed E-state index contributed by atoms with van der Waals surface area (Å²) in [6, 6.07) is 1.57. The minimum atomic E-state index is -1.22. The van der Waals surface area contributed by atoms with Gasteiger partial charge in [0.15, 0.2) is 0 Å². The molecule has 0 saturated carbocycles. The molecular formula is C6H7NO3. The predicted molar refractivity (Wildman–Crippen MR) is 33.0 cm³/mol. The van der Waals surface area contributed by atoms with Gasteiger partial charge in [0.1, 0.15) is 0 Å². The lowest BCUT2D eigenvalue weighted by molar-refractivity contribution is -0.136. The fourth-order valence-electron chi connectivity index (χ4n) is 0.379. The summed E-state index contributed by atoms with van der Waals surface area (Å²) in [5.74, 6) is -1.53. The molecule has 0 fully saturated rings. The van der Waals surface area contributed by atoms with Gasteiger partial charge in [-0.1, -0.05) is 0 Å². The molecule has 4 heteroatoms. The molecule has 0 aromatic carbocycles. The number of hydrogen-bond donors (Lipinski definition) is 1. The van der Waals surface area contributed by atoms with E-state index in [0.717, 1.165) is 6.08 Å². The second-order valence-electron chi connectivity index (χ2n) is 1.38. The van der Waals surface area contributed by atoms with Crippen LogP contribution in [0.25, 0.3) is 0 Å². The Morgan fingerprint density at radius 3 is 2.80 bits per heavy atom. The maximum atomic E-state index is 10.1. The Morgan fingerprint density at radius 2 is 2.50 bits per heavy atom. The number of carboxylic acids is 1. The zero-order chi connectivity index (χ0) is 7.98. The molecule has 0 spiro atoms. The van der Waals surface area contributed by atoms with E-state index in [0.29, 0.717) is 0 Å². The van der Waals surface area contributed by atoms with Crippen molar-refractivity contribution in [2.45, 2.75) is 6.92 Å². The van der Waals surface area contributed by atoms with E-state index in [4.69, 9.17) is 10.4 Å². The van der Waals surface area contributed by atoms with Crippen molar-refractivity contribution in [3.63, 3.8) is 0 Å². The SMILES string of the molecule is CCOC(=CC#N)C(=O)O. The number of ether oxygens (including phenoxy) is 1. The van der Waals surface area contributed by atoms with Crippen LogP contribution in [0.3, 0.4) is 0 Å². The van der Waals surface area contributed by atoms with Crippen molar-refractivity contribution in [2.24, 2.45) is 0 Å². The van der Waals surface area contributed by atoms with Crippen LogP contribution in [0, 0.1) is 11.3 Å². The molecule has 10 heavy (non-hydrogen) atoms. The van der Waals surface area contributed by atoms with Crippen LogP contribution in [-0.2, 0) is 9.53 Å². The van der Waals surface area contributed by atoms with Crippen molar-refractivity contribution in [2.75, 3.05) is 6.61 Å². The first-order valence-electron chi connectivity index (χ1n) is 2.68. The van der Waals surface area contributed by atoms with Gasteiger partial charge in [-0.2, -0.15) is 5.26 Å². The predicted octanol–water partition coefficient (Wildman–Crippen LogP) is 0.515. The van der Waals surface area contributed by atoms with Gasteiger partial charge in [-0.3, -0.25) is 0 Å². The number of carbonyl (C=O) groups is 1. The van der Waals surface area contributed by atoms with Gasteiger partial charge in [0.2, 0.25) is 5.76 Å². The summed E-state index contributed by atoms with van der Waals surface area (Å²) in [5, 5.41) is 16.3. The lowest BCUT2D eigenvalue weighted by Gasteiger charge is -1.99. The Hall–Kier alpha value is -1.50. The largest absolute Gasteiger partial charge is 0.486 e. The molecule has 0 saturated heterocycles. The number of nitrogens with zero attached hydrogens (tertiary/aromatic N) is 1. The minimum absolute atomic E-state index is 0.250. The smallest absolute Gasteiger partial charge is 0.371 e. The Labute approximate surface area is 58.3 Å². The molecule has 0 heterocycles. The topological polar surface area (TPSA) is 70.3 Å². The van der Waals surface area contributed by atoms with E-state index in [2.05, 4.69) is 4.74 Å². The van der Waals surface area contributed by atoms with Crippen LogP contribution < -0.4 is 0 Å². The van der Waals surface area contributed by atoms with E-state index < -0.39 is 5.97 Å². The molecule has 0 aromatic heterocycles. The van der Waals surface area contributed by atoms with Crippen molar-refractivity contribution in [3.8, 4) is 6.07 Å². The molecule has 0 aromatic rings. The second-order valence-corrected chi connectivity index (χ2v) is 1.38. The van der Waals surface area contributed by atoms with Crippen LogP contribution in [0.1, 0.15) is 6.92 Å². The molecule has 1 N–H and O–H groups in total. The molecule has 54 valence electrons. The average molecular weight is 141 g/mol. The standard InChI is InChI=1S/C6H7NO3/c1-2-10-5(3-4-7)6(8)9/h3H,2H2,1H3,(H,8,9). The van der Waals surface area contributed by atoms with Crippen molar-refractivity contribution in [3.05, 3.63) is 11.8 Å². The summed E-state index contributed by atoms with van der Waals surface area (Å²) in [4.78, 5) is 10.1. The van der Waals surface area contributed by atoms with Crippen molar-refractivity contribution >= 4 is 5.97 Å². The monoisotopic (exact) mass is 141 g/mol. The highest BCUT2D eigenvalue weighted by molar-refractivity contribution is 5.84. The van der Waals surface area contributed by atoms with Crippen molar-refractivity contribution < 1.29 is 14.6 Å². The van der Waals surface area contributed by atoms with Gasteiger partial charge in [-0.05, 0) is 6.92 Å². The van der Waals surface area contributed by atoms with Gasteiger partial charge in [-0.25, -0.2) is 4.79 Å². The molecule has 0 unspecified atom stereocenters. The Balaban J connectivity index is 4.15. The van der Waals surface area contributed by atoms with Gasteiger partial charge in [0, 0.05) is 0 Å². The molecule has 0 atom stereocenters. The van der Waals surface area contributed by atoms with Gasteiger partial charge in [0.05, 0.1) is 18.8 Å². The normalized spacial score (nSPS) is 10.2. The second kappa shape index (κ2) is 4.39. The Kier molecular flexibility index (Phi) is 3.73. The Morgan fingerprint density at radius 1 is 1.90 bits per heavy atom. The van der Waals surface area contributed by atoms with Crippen LogP contribution in [-0.4, -0.2) is 17.7 Å². The summed E-state index contributed by atoms with van der Waals surface area (Å²) in [5.41, 5.74) is 0. The molecule has 0 rings (SSSR count). The summed E-state index contributed by atoms with van der Waals surface area (Å²) in [6.45, 7) is 1.90. The third kappa shape index (κ3) is 2.72. The molecule has 0 bridgehead atoms. The fourth-order valence-corrected chi connectivity index (χ4v) is 0.379. The third-order valence-electron chi connectivity index (χ3n) is 0.706. The number of aliphatic carboxylic acids is 1. The van der Waals surface area contributed by atoms with Gasteiger partial charge in [0.25, 0.3) is 0 Å². The minimum Gasteiger partial charge on any atom is -0.486 e. The molecule has 4 nitrogen and oxygen atoms in total. The average Bonchev–Trinajstić information content (AvgIpc) is 1.87. The van der Waals surface area contributed by atoms with Crippen LogP contribution in [0.2, 0.25) is 0 Å². The zero-order valence-electron chi connectivity index (χ0n) is 5.50. The van der Waals surface area contributed by atoms with Gasteiger partial charge < -0.3 is 9.84 Å². The maximum absolute atomic E-state index is 10.1. The summed E-state index contributed by atoms with van der Waals surface area (Å²) < 4.78 is 4.58. The fraction of sp³-hybridized carbons (Fsp3) is 0.333. The summed E-state index contributed by atoms with van der Waals surface area (Å²) >= 11 is 0. The molecular weight excluding hydrogens is 134 g/mol. The highest BCUT2D eigenvalue weighted by atomic mass is 16.5. The van der Waals surface area contributed by atoms with Crippen LogP contribution in [0.5, 0.6) is 0 Å². The number of carboxylic acid groups (broad SMARTS) is 1. The first-order chi connectivity index (χ1) is 4.72. The first kappa shape index (κ1) is 8.50. The van der Waals surface area contributed by atoms with E-state index in [1.807, 2.05) is 0 Å². The van der Waals surface area contributed by atoms with Crippen molar-refractivity contribution in [1.29, 1.82) is 5.26 Å². The summed E-state index contributed by atoms with van der Waals surface area (Å²) in [7, 11) is 0. The van der Waals surface area contributed by atoms with E-state index in [1.165, 1.54) is 0 Å². The van der Waals surface area contributed by atoms with E-state index >= 15 is 0 Å². The van der Waals surface area contributed by atoms with Crippen molar-refractivity contribution in [1.82, 2.24) is 0 Å².